The van der Waals surface area contributed by atoms with E-state index in [1.165, 1.54) is 71.3 Å². The van der Waals surface area contributed by atoms with Gasteiger partial charge in [0.2, 0.25) is 0 Å². The summed E-state index contributed by atoms with van der Waals surface area (Å²) < 4.78 is 27.9. The van der Waals surface area contributed by atoms with Crippen LogP contribution in [0.25, 0.3) is 67.4 Å². The first kappa shape index (κ1) is 27.5. The normalized spacial score (nSPS) is 16.1. The van der Waals surface area contributed by atoms with E-state index in [0.717, 1.165) is 29.5 Å². The molecule has 0 saturated carbocycles. The minimum absolute atomic E-state index is 0.211. The predicted molar refractivity (Wildman–Crippen MR) is 187 cm³/mol. The minimum atomic E-state index is -0.227. The number of fused-ring (bicyclic) bond motifs is 10. The molecule has 0 atom stereocenters. The Labute approximate surface area is 268 Å². The summed E-state index contributed by atoms with van der Waals surface area (Å²) in [4.78, 5) is 0. The van der Waals surface area contributed by atoms with Crippen molar-refractivity contribution in [1.29, 1.82) is 0 Å². The van der Waals surface area contributed by atoms with Crippen molar-refractivity contribution in [1.82, 2.24) is 0 Å². The van der Waals surface area contributed by atoms with Gasteiger partial charge in [-0.15, -0.1) is 0 Å². The second-order valence-corrected chi connectivity index (χ2v) is 14.3. The van der Waals surface area contributed by atoms with Crippen LogP contribution < -0.4 is 10.4 Å². The second-order valence-electron chi connectivity index (χ2n) is 14.3. The molecule has 0 N–H and O–H groups in total. The molecule has 0 unspecified atom stereocenters. The monoisotopic (exact) mass is 600 g/mol. The van der Waals surface area contributed by atoms with Gasteiger partial charge >= 0.3 is 0 Å². The zero-order chi connectivity index (χ0) is 31.5. The first-order chi connectivity index (χ1) is 22.1. The van der Waals surface area contributed by atoms with Crippen LogP contribution in [-0.4, -0.2) is 0 Å². The lowest BCUT2D eigenvalue weighted by molar-refractivity contribution is 0.627. The molecule has 9 rings (SSSR count). The summed E-state index contributed by atoms with van der Waals surface area (Å²) in [5.41, 5.74) is 14.6. The van der Waals surface area contributed by atoms with E-state index in [9.17, 15) is 8.78 Å². The highest BCUT2D eigenvalue weighted by atomic mass is 19.1. The van der Waals surface area contributed by atoms with Gasteiger partial charge in [-0.25, -0.2) is 8.78 Å². The Kier molecular flexibility index (Phi) is 5.59. The van der Waals surface area contributed by atoms with Gasteiger partial charge in [-0.3, -0.25) is 0 Å². The molecular weight excluding hydrogens is 566 g/mol. The summed E-state index contributed by atoms with van der Waals surface area (Å²) in [6.07, 6.45) is 6.81. The topological polar surface area (TPSA) is 0 Å². The van der Waals surface area contributed by atoms with Crippen LogP contribution in [0.4, 0.5) is 8.78 Å². The van der Waals surface area contributed by atoms with Crippen LogP contribution in [0.2, 0.25) is 0 Å². The molecule has 0 saturated heterocycles. The number of benzene rings is 6. The molecule has 0 heterocycles. The number of rotatable bonds is 2. The summed E-state index contributed by atoms with van der Waals surface area (Å²) in [6, 6.07) is 32.2. The van der Waals surface area contributed by atoms with Gasteiger partial charge in [0.1, 0.15) is 11.6 Å². The maximum Gasteiger partial charge on any atom is 0.123 e. The van der Waals surface area contributed by atoms with Crippen molar-refractivity contribution in [3.63, 3.8) is 0 Å². The summed E-state index contributed by atoms with van der Waals surface area (Å²) in [5.74, 6) is -0.432. The number of halogens is 2. The SMILES string of the molecule is CC1(C)c2cc3c(cc2-c2c1cc(-c1ccc(F)cc1)c1c2=CCCC=1)C(C)(C)c1cc(-c2ccc(F)cc2)c2ccccc2c1-3. The third-order valence-electron chi connectivity index (χ3n) is 11.0. The van der Waals surface area contributed by atoms with Crippen molar-refractivity contribution in [2.24, 2.45) is 0 Å². The predicted octanol–water partition coefficient (Wildman–Crippen LogP) is 10.4. The van der Waals surface area contributed by atoms with Crippen LogP contribution in [0.1, 0.15) is 62.8 Å². The molecule has 0 aliphatic heterocycles. The van der Waals surface area contributed by atoms with Crippen LogP contribution in [0.5, 0.6) is 0 Å². The molecule has 0 nitrogen and oxygen atoms in total. The van der Waals surface area contributed by atoms with Crippen LogP contribution in [0.15, 0.2) is 97.1 Å². The third kappa shape index (κ3) is 3.64. The van der Waals surface area contributed by atoms with E-state index in [4.69, 9.17) is 0 Å². The van der Waals surface area contributed by atoms with E-state index in [1.807, 2.05) is 24.3 Å². The number of hydrogen-bond donors (Lipinski definition) is 0. The molecule has 0 amide bonds. The maximum absolute atomic E-state index is 13.9. The van der Waals surface area contributed by atoms with Crippen molar-refractivity contribution in [3.8, 4) is 44.5 Å². The maximum atomic E-state index is 13.9. The van der Waals surface area contributed by atoms with Gasteiger partial charge in [0.15, 0.2) is 0 Å². The van der Waals surface area contributed by atoms with Crippen LogP contribution in [0, 0.1) is 11.6 Å². The molecule has 2 heteroatoms. The Hall–Kier alpha value is -4.82. The molecule has 0 fully saturated rings. The average Bonchev–Trinajstić information content (AvgIpc) is 3.43. The lowest BCUT2D eigenvalue weighted by atomic mass is 9.78. The molecule has 0 spiro atoms. The standard InChI is InChI=1S/C44H34F2/c1-43(2)37-23-36-38(24-35(37)41-31-11-7-5-9-29(31)33(21-39(41)43)25-13-17-27(45)18-14-25)44(3,4)40-22-34(26-15-19-28(46)20-16-26)30-10-6-8-12-32(30)42(36)40/h5,7,9-24H,6,8H2,1-4H3. The van der Waals surface area contributed by atoms with Gasteiger partial charge in [-0.1, -0.05) is 88.4 Å². The first-order valence-corrected chi connectivity index (χ1v) is 16.3. The zero-order valence-corrected chi connectivity index (χ0v) is 26.6. The highest BCUT2D eigenvalue weighted by Crippen LogP contribution is 2.57. The molecule has 0 aromatic heterocycles. The van der Waals surface area contributed by atoms with Crippen LogP contribution >= 0.6 is 0 Å². The summed E-state index contributed by atoms with van der Waals surface area (Å²) in [7, 11) is 0. The van der Waals surface area contributed by atoms with Crippen LogP contribution in [-0.2, 0) is 10.8 Å². The van der Waals surface area contributed by atoms with E-state index in [2.05, 4.69) is 88.4 Å². The lowest BCUT2D eigenvalue weighted by Crippen LogP contribution is -2.32. The summed E-state index contributed by atoms with van der Waals surface area (Å²) >= 11 is 0. The Bertz CT molecular complexity index is 2410. The van der Waals surface area contributed by atoms with Crippen molar-refractivity contribution < 1.29 is 8.78 Å². The lowest BCUT2D eigenvalue weighted by Gasteiger charge is -2.24. The van der Waals surface area contributed by atoms with Gasteiger partial charge in [0.25, 0.3) is 0 Å². The molecule has 6 aromatic rings. The van der Waals surface area contributed by atoms with Crippen molar-refractivity contribution in [2.75, 3.05) is 0 Å². The molecule has 3 aliphatic rings. The Morgan fingerprint density at radius 2 is 0.913 bits per heavy atom. The molecule has 6 aromatic carbocycles. The molecule has 46 heavy (non-hydrogen) atoms. The fourth-order valence-corrected chi connectivity index (χ4v) is 8.62. The molecule has 0 bridgehead atoms. The van der Waals surface area contributed by atoms with Crippen LogP contribution in [0.3, 0.4) is 0 Å². The molecule has 0 radical (unpaired) electrons. The summed E-state index contributed by atoms with van der Waals surface area (Å²) in [6.45, 7) is 9.41. The van der Waals surface area contributed by atoms with Gasteiger partial charge in [0.05, 0.1) is 0 Å². The van der Waals surface area contributed by atoms with Gasteiger partial charge in [-0.05, 0) is 149 Å². The van der Waals surface area contributed by atoms with Gasteiger partial charge < -0.3 is 0 Å². The quantitative estimate of drug-likeness (QED) is 0.186. The largest absolute Gasteiger partial charge is 0.207 e. The molecular formula is C44H34F2. The molecule has 3 aliphatic carbocycles. The van der Waals surface area contributed by atoms with Crippen molar-refractivity contribution >= 4 is 22.9 Å². The Morgan fingerprint density at radius 3 is 1.52 bits per heavy atom. The highest BCUT2D eigenvalue weighted by Gasteiger charge is 2.43. The van der Waals surface area contributed by atoms with E-state index in [-0.39, 0.29) is 22.5 Å². The van der Waals surface area contributed by atoms with Crippen molar-refractivity contribution in [3.05, 3.63) is 141 Å². The second kappa shape index (κ2) is 9.36. The minimum Gasteiger partial charge on any atom is -0.207 e. The van der Waals surface area contributed by atoms with E-state index in [1.54, 1.807) is 24.3 Å². The Morgan fingerprint density at radius 1 is 0.457 bits per heavy atom. The Balaban J connectivity index is 1.32. The fraction of sp³-hybridized carbons (Fsp3) is 0.182. The van der Waals surface area contributed by atoms with E-state index < -0.39 is 0 Å². The van der Waals surface area contributed by atoms with Gasteiger partial charge in [-0.2, -0.15) is 0 Å². The number of hydrogen-bond acceptors (Lipinski definition) is 0. The fourth-order valence-electron chi connectivity index (χ4n) is 8.62. The smallest absolute Gasteiger partial charge is 0.123 e. The van der Waals surface area contributed by atoms with E-state index in [0.29, 0.717) is 0 Å². The first-order valence-electron chi connectivity index (χ1n) is 16.3. The van der Waals surface area contributed by atoms with E-state index >= 15 is 0 Å². The molecule has 224 valence electrons. The van der Waals surface area contributed by atoms with Gasteiger partial charge in [0, 0.05) is 10.8 Å². The van der Waals surface area contributed by atoms with Crippen molar-refractivity contribution in [2.45, 2.75) is 51.4 Å². The highest BCUT2D eigenvalue weighted by molar-refractivity contribution is 6.09. The average molecular weight is 601 g/mol. The third-order valence-corrected chi connectivity index (χ3v) is 11.0. The summed E-state index contributed by atoms with van der Waals surface area (Å²) in [5, 5.41) is 4.99. The zero-order valence-electron chi connectivity index (χ0n) is 26.6.